The van der Waals surface area contributed by atoms with Crippen molar-refractivity contribution < 1.29 is 4.79 Å². The number of likely N-dealkylation sites (tertiary alicyclic amines) is 1. The minimum Gasteiger partial charge on any atom is -0.337 e. The number of rotatable bonds is 3. The highest BCUT2D eigenvalue weighted by Gasteiger charge is 2.29. The number of fused-ring (bicyclic) bond motifs is 1. The highest BCUT2D eigenvalue weighted by molar-refractivity contribution is 8.00. The molecule has 2 N–H and O–H groups in total. The summed E-state index contributed by atoms with van der Waals surface area (Å²) in [7, 11) is 0. The molecule has 25 heavy (non-hydrogen) atoms. The number of carbonyl (C=O) groups excluding carboxylic acids is 1. The van der Waals surface area contributed by atoms with E-state index in [1.807, 2.05) is 16.7 Å². The van der Waals surface area contributed by atoms with Crippen LogP contribution in [0.5, 0.6) is 0 Å². The third kappa shape index (κ3) is 3.46. The Morgan fingerprint density at radius 1 is 1.28 bits per heavy atom. The summed E-state index contributed by atoms with van der Waals surface area (Å²) in [6.07, 6.45) is 2.96. The van der Waals surface area contributed by atoms with Crippen molar-refractivity contribution in [1.29, 1.82) is 0 Å². The fourth-order valence-electron chi connectivity index (χ4n) is 3.62. The van der Waals surface area contributed by atoms with Crippen LogP contribution in [-0.4, -0.2) is 45.9 Å². The van der Waals surface area contributed by atoms with Gasteiger partial charge in [-0.05, 0) is 44.4 Å². The van der Waals surface area contributed by atoms with Gasteiger partial charge >= 0.3 is 0 Å². The van der Waals surface area contributed by atoms with Crippen LogP contribution in [0.4, 0.5) is 0 Å². The summed E-state index contributed by atoms with van der Waals surface area (Å²) in [5.74, 6) is 0.0961. The molecule has 5 nitrogen and oxygen atoms in total. The van der Waals surface area contributed by atoms with Crippen molar-refractivity contribution in [3.05, 3.63) is 46.8 Å². The largest absolute Gasteiger partial charge is 0.337 e. The van der Waals surface area contributed by atoms with Crippen molar-refractivity contribution in [3.8, 4) is 0 Å². The van der Waals surface area contributed by atoms with Crippen molar-refractivity contribution in [2.45, 2.75) is 42.9 Å². The molecule has 0 unspecified atom stereocenters. The molecule has 3 heterocycles. The van der Waals surface area contributed by atoms with E-state index in [0.29, 0.717) is 10.9 Å². The van der Waals surface area contributed by atoms with E-state index >= 15 is 0 Å². The number of carbonyl (C=O) groups is 1. The van der Waals surface area contributed by atoms with Crippen molar-refractivity contribution in [3.63, 3.8) is 0 Å². The average molecular weight is 356 g/mol. The zero-order chi connectivity index (χ0) is 17.2. The van der Waals surface area contributed by atoms with Crippen LogP contribution in [0.1, 0.15) is 40.2 Å². The third-order valence-electron chi connectivity index (χ3n) is 5.13. The maximum absolute atomic E-state index is 12.9. The Morgan fingerprint density at radius 3 is 2.88 bits per heavy atom. The molecule has 132 valence electrons. The van der Waals surface area contributed by atoms with Gasteiger partial charge in [0.05, 0.1) is 5.69 Å². The van der Waals surface area contributed by atoms with Crippen molar-refractivity contribution in [1.82, 2.24) is 20.4 Å². The number of nitrogens with zero attached hydrogens (tertiary/aromatic N) is 2. The number of aromatic nitrogens is 2. The Hall–Kier alpha value is -1.79. The zero-order valence-electron chi connectivity index (χ0n) is 14.5. The first kappa shape index (κ1) is 16.7. The summed E-state index contributed by atoms with van der Waals surface area (Å²) < 4.78 is 0. The molecule has 1 fully saturated rings. The Bertz CT molecular complexity index is 765. The van der Waals surface area contributed by atoms with Gasteiger partial charge in [0.2, 0.25) is 0 Å². The number of benzene rings is 1. The highest BCUT2D eigenvalue weighted by Crippen LogP contribution is 2.32. The Labute approximate surface area is 152 Å². The van der Waals surface area contributed by atoms with Gasteiger partial charge in [-0.3, -0.25) is 9.89 Å². The van der Waals surface area contributed by atoms with Gasteiger partial charge in [-0.2, -0.15) is 5.10 Å². The summed E-state index contributed by atoms with van der Waals surface area (Å²) in [5.41, 5.74) is 4.16. The SMILES string of the molecule is Cc1ccccc1SC1CCN(C(=O)c2n[nH]c3c2CCNC3)CC1. The second-order valence-electron chi connectivity index (χ2n) is 6.83. The Morgan fingerprint density at radius 2 is 2.08 bits per heavy atom. The van der Waals surface area contributed by atoms with E-state index in [1.54, 1.807) is 0 Å². The monoisotopic (exact) mass is 356 g/mol. The molecule has 0 spiro atoms. The summed E-state index contributed by atoms with van der Waals surface area (Å²) >= 11 is 1.96. The van der Waals surface area contributed by atoms with E-state index in [9.17, 15) is 4.79 Å². The number of hydrogen-bond donors (Lipinski definition) is 2. The fraction of sp³-hybridized carbons (Fsp3) is 0.474. The number of piperidine rings is 1. The lowest BCUT2D eigenvalue weighted by atomic mass is 10.0. The first-order valence-corrected chi connectivity index (χ1v) is 9.88. The lowest BCUT2D eigenvalue weighted by molar-refractivity contribution is 0.0720. The predicted octanol–water partition coefficient (Wildman–Crippen LogP) is 2.76. The molecule has 1 amide bonds. The highest BCUT2D eigenvalue weighted by atomic mass is 32.2. The summed E-state index contributed by atoms with van der Waals surface area (Å²) in [5, 5.41) is 11.2. The van der Waals surface area contributed by atoms with Crippen LogP contribution in [0.3, 0.4) is 0 Å². The molecule has 6 heteroatoms. The molecule has 0 radical (unpaired) electrons. The van der Waals surface area contributed by atoms with Crippen molar-refractivity contribution >= 4 is 17.7 Å². The van der Waals surface area contributed by atoms with Crippen LogP contribution in [0.2, 0.25) is 0 Å². The molecule has 1 aromatic carbocycles. The molecule has 1 saturated heterocycles. The fourth-order valence-corrected chi connectivity index (χ4v) is 4.83. The normalized spacial score (nSPS) is 18.2. The topological polar surface area (TPSA) is 61.0 Å². The minimum atomic E-state index is 0.0961. The molecule has 0 aliphatic carbocycles. The summed E-state index contributed by atoms with van der Waals surface area (Å²) in [6, 6.07) is 8.54. The molecular formula is C19H24N4OS. The lowest BCUT2D eigenvalue weighted by Crippen LogP contribution is -2.40. The Kier molecular flexibility index (Phi) is 4.81. The number of aryl methyl sites for hydroxylation is 1. The molecule has 4 rings (SSSR count). The maximum atomic E-state index is 12.9. The second-order valence-corrected chi connectivity index (χ2v) is 8.17. The van der Waals surface area contributed by atoms with Gasteiger partial charge in [0.1, 0.15) is 0 Å². The molecule has 2 aliphatic rings. The van der Waals surface area contributed by atoms with Crippen LogP contribution >= 0.6 is 11.8 Å². The van der Waals surface area contributed by atoms with Crippen LogP contribution in [0, 0.1) is 6.92 Å². The first-order valence-electron chi connectivity index (χ1n) is 9.01. The number of thioether (sulfide) groups is 1. The molecule has 0 atom stereocenters. The third-order valence-corrected chi connectivity index (χ3v) is 6.64. The molecule has 2 aliphatic heterocycles. The maximum Gasteiger partial charge on any atom is 0.274 e. The summed E-state index contributed by atoms with van der Waals surface area (Å²) in [4.78, 5) is 16.2. The van der Waals surface area contributed by atoms with E-state index in [4.69, 9.17) is 0 Å². The average Bonchev–Trinajstić information content (AvgIpc) is 3.08. The van der Waals surface area contributed by atoms with E-state index in [-0.39, 0.29) is 5.91 Å². The second kappa shape index (κ2) is 7.22. The predicted molar refractivity (Wildman–Crippen MR) is 100.0 cm³/mol. The summed E-state index contributed by atoms with van der Waals surface area (Å²) in [6.45, 7) is 5.51. The molecule has 1 aromatic heterocycles. The lowest BCUT2D eigenvalue weighted by Gasteiger charge is -2.31. The number of hydrogen-bond acceptors (Lipinski definition) is 4. The molecule has 2 aromatic rings. The van der Waals surface area contributed by atoms with Gasteiger partial charge in [-0.1, -0.05) is 18.2 Å². The molecule has 0 saturated carbocycles. The number of aromatic amines is 1. The number of H-pyrrole nitrogens is 1. The molecule has 0 bridgehead atoms. The van der Waals surface area contributed by atoms with Gasteiger partial charge in [0, 0.05) is 35.3 Å². The standard InChI is InChI=1S/C19H24N4OS/c1-13-4-2-3-5-17(13)25-14-7-10-23(11-8-14)19(24)18-15-6-9-20-12-16(15)21-22-18/h2-5,14,20H,6-12H2,1H3,(H,21,22). The van der Waals surface area contributed by atoms with E-state index in [2.05, 4.69) is 46.7 Å². The van der Waals surface area contributed by atoms with Crippen LogP contribution < -0.4 is 5.32 Å². The van der Waals surface area contributed by atoms with E-state index in [0.717, 1.165) is 56.7 Å². The van der Waals surface area contributed by atoms with E-state index in [1.165, 1.54) is 10.5 Å². The van der Waals surface area contributed by atoms with Gasteiger partial charge in [-0.25, -0.2) is 0 Å². The van der Waals surface area contributed by atoms with Crippen LogP contribution in [0.15, 0.2) is 29.2 Å². The van der Waals surface area contributed by atoms with Crippen molar-refractivity contribution in [2.24, 2.45) is 0 Å². The smallest absolute Gasteiger partial charge is 0.274 e. The number of nitrogens with one attached hydrogen (secondary N) is 2. The quantitative estimate of drug-likeness (QED) is 0.888. The van der Waals surface area contributed by atoms with Crippen molar-refractivity contribution in [2.75, 3.05) is 19.6 Å². The van der Waals surface area contributed by atoms with Gasteiger partial charge in [0.25, 0.3) is 5.91 Å². The van der Waals surface area contributed by atoms with Gasteiger partial charge in [0.15, 0.2) is 5.69 Å². The van der Waals surface area contributed by atoms with E-state index < -0.39 is 0 Å². The molecular weight excluding hydrogens is 332 g/mol. The first-order chi connectivity index (χ1) is 12.2. The van der Waals surface area contributed by atoms with Crippen LogP contribution in [0.25, 0.3) is 0 Å². The van der Waals surface area contributed by atoms with Gasteiger partial charge < -0.3 is 10.2 Å². The van der Waals surface area contributed by atoms with Crippen LogP contribution in [-0.2, 0) is 13.0 Å². The minimum absolute atomic E-state index is 0.0961. The number of amides is 1. The zero-order valence-corrected chi connectivity index (χ0v) is 15.4. The Balaban J connectivity index is 1.38. The van der Waals surface area contributed by atoms with Gasteiger partial charge in [-0.15, -0.1) is 11.8 Å².